The number of hydrogen-bond acceptors (Lipinski definition) is 1. The van der Waals surface area contributed by atoms with Gasteiger partial charge in [-0.3, -0.25) is 0 Å². The molecule has 0 spiro atoms. The Balaban J connectivity index is 2.26. The van der Waals surface area contributed by atoms with Crippen molar-refractivity contribution in [3.05, 3.63) is 18.8 Å². The molecule has 1 heterocycles. The summed E-state index contributed by atoms with van der Waals surface area (Å²) in [5.74, 6) is 0. The van der Waals surface area contributed by atoms with Gasteiger partial charge in [0.15, 0.2) is 0 Å². The van der Waals surface area contributed by atoms with E-state index in [1.54, 1.807) is 0 Å². The average Bonchev–Trinajstić information content (AvgIpc) is 1.72. The fraction of sp³-hybridized carbons (Fsp3) is 0.400. The summed E-state index contributed by atoms with van der Waals surface area (Å²) in [5.41, 5.74) is 0. The lowest BCUT2D eigenvalue weighted by Crippen LogP contribution is -1.90. The molecule has 0 N–H and O–H groups in total. The highest BCUT2D eigenvalue weighted by atomic mass is 16.5. The molecular formula is C5H6O. The van der Waals surface area contributed by atoms with Gasteiger partial charge in [0.2, 0.25) is 0 Å². The summed E-state index contributed by atoms with van der Waals surface area (Å²) in [5, 5.41) is 0. The third-order valence-electron chi connectivity index (χ3n) is 0.649. The van der Waals surface area contributed by atoms with Gasteiger partial charge in [-0.1, -0.05) is 12.2 Å². The quantitative estimate of drug-likeness (QED) is 0.396. The van der Waals surface area contributed by atoms with E-state index < -0.39 is 0 Å². The highest BCUT2D eigenvalue weighted by molar-refractivity contribution is 4.88. The van der Waals surface area contributed by atoms with Gasteiger partial charge in [-0.05, 0) is 0 Å². The van der Waals surface area contributed by atoms with Crippen molar-refractivity contribution in [2.75, 3.05) is 6.61 Å². The van der Waals surface area contributed by atoms with Gasteiger partial charge in [0.1, 0.15) is 6.61 Å². The van der Waals surface area contributed by atoms with E-state index in [2.05, 4.69) is 6.61 Å². The maximum atomic E-state index is 4.73. The van der Waals surface area contributed by atoms with Crippen LogP contribution in [0.3, 0.4) is 0 Å². The highest BCUT2D eigenvalue weighted by Gasteiger charge is 1.88. The van der Waals surface area contributed by atoms with E-state index in [0.29, 0.717) is 6.61 Å². The molecule has 0 saturated carbocycles. The second kappa shape index (κ2) is 1.98. The minimum absolute atomic E-state index is 0.708. The largest absolute Gasteiger partial charge is 0.364 e. The number of rotatable bonds is 0. The van der Waals surface area contributed by atoms with Gasteiger partial charge in [-0.25, -0.2) is 0 Å². The van der Waals surface area contributed by atoms with Gasteiger partial charge in [-0.15, -0.1) is 0 Å². The van der Waals surface area contributed by atoms with E-state index in [9.17, 15) is 0 Å². The van der Waals surface area contributed by atoms with Gasteiger partial charge >= 0.3 is 0 Å². The van der Waals surface area contributed by atoms with Crippen molar-refractivity contribution in [1.82, 2.24) is 0 Å². The van der Waals surface area contributed by atoms with Crippen molar-refractivity contribution >= 4 is 0 Å². The molecule has 2 radical (unpaired) electrons. The van der Waals surface area contributed by atoms with E-state index >= 15 is 0 Å². The summed E-state index contributed by atoms with van der Waals surface area (Å²) in [4.78, 5) is 0. The first-order valence-corrected chi connectivity index (χ1v) is 2.00. The van der Waals surface area contributed by atoms with Crippen LogP contribution in [0.1, 0.15) is 6.42 Å². The maximum Gasteiger partial charge on any atom is 0.136 e. The van der Waals surface area contributed by atoms with E-state index in [1.165, 1.54) is 0 Å². The SMILES string of the molecule is [C]1CC=CCO1. The Morgan fingerprint density at radius 2 is 2.50 bits per heavy atom. The molecule has 1 aliphatic heterocycles. The number of ether oxygens (including phenoxy) is 1. The molecule has 1 aliphatic rings. The second-order valence-electron chi connectivity index (χ2n) is 1.13. The molecule has 0 fully saturated rings. The van der Waals surface area contributed by atoms with E-state index in [0.717, 1.165) is 6.42 Å². The van der Waals surface area contributed by atoms with Gasteiger partial charge in [0, 0.05) is 6.42 Å². The number of hydrogen-bond donors (Lipinski definition) is 0. The Hall–Kier alpha value is -0.300. The van der Waals surface area contributed by atoms with E-state index in [4.69, 9.17) is 4.74 Å². The van der Waals surface area contributed by atoms with Gasteiger partial charge in [-0.2, -0.15) is 0 Å². The van der Waals surface area contributed by atoms with Crippen LogP contribution in [-0.4, -0.2) is 6.61 Å². The summed E-state index contributed by atoms with van der Waals surface area (Å²) < 4.78 is 4.73. The van der Waals surface area contributed by atoms with Crippen molar-refractivity contribution in [3.8, 4) is 0 Å². The smallest absolute Gasteiger partial charge is 0.136 e. The average molecular weight is 82.1 g/mol. The molecule has 0 saturated heterocycles. The van der Waals surface area contributed by atoms with Crippen LogP contribution in [0.25, 0.3) is 0 Å². The predicted molar refractivity (Wildman–Crippen MR) is 23.0 cm³/mol. The molecule has 1 nitrogen and oxygen atoms in total. The predicted octanol–water partition coefficient (Wildman–Crippen LogP) is 1.00. The fourth-order valence-corrected chi connectivity index (χ4v) is 0.365. The summed E-state index contributed by atoms with van der Waals surface area (Å²) in [6.45, 7) is 3.41. The third kappa shape index (κ3) is 0.830. The molecule has 1 rings (SSSR count). The molecule has 0 aliphatic carbocycles. The monoisotopic (exact) mass is 82.0 g/mol. The Kier molecular flexibility index (Phi) is 1.28. The standard InChI is InChI=1S/C5H6O/c1-2-4-6-5-3-1/h1-2H,3-4H2. The topological polar surface area (TPSA) is 9.23 Å². The maximum absolute atomic E-state index is 4.73. The molecule has 0 aromatic rings. The molecule has 0 bridgehead atoms. The molecular weight excluding hydrogens is 76.1 g/mol. The summed E-state index contributed by atoms with van der Waals surface area (Å²) in [6.07, 6.45) is 4.86. The van der Waals surface area contributed by atoms with Crippen LogP contribution in [0.2, 0.25) is 0 Å². The molecule has 0 amide bonds. The van der Waals surface area contributed by atoms with Crippen LogP contribution >= 0.6 is 0 Å². The van der Waals surface area contributed by atoms with Crippen molar-refractivity contribution < 1.29 is 4.74 Å². The lowest BCUT2D eigenvalue weighted by molar-refractivity contribution is 0.222. The zero-order valence-electron chi connectivity index (χ0n) is 3.48. The zero-order valence-corrected chi connectivity index (χ0v) is 3.48. The Labute approximate surface area is 37.6 Å². The normalized spacial score (nSPS) is 21.3. The van der Waals surface area contributed by atoms with Gasteiger partial charge in [0.05, 0.1) is 6.61 Å². The molecule has 6 heavy (non-hydrogen) atoms. The van der Waals surface area contributed by atoms with Crippen LogP contribution in [0.15, 0.2) is 12.2 Å². The van der Waals surface area contributed by atoms with Crippen molar-refractivity contribution in [2.24, 2.45) is 0 Å². The third-order valence-corrected chi connectivity index (χ3v) is 0.649. The highest BCUT2D eigenvalue weighted by Crippen LogP contribution is 1.96. The minimum Gasteiger partial charge on any atom is -0.364 e. The van der Waals surface area contributed by atoms with E-state index in [-0.39, 0.29) is 0 Å². The summed E-state index contributed by atoms with van der Waals surface area (Å²) in [7, 11) is 0. The van der Waals surface area contributed by atoms with Crippen LogP contribution in [0.4, 0.5) is 0 Å². The zero-order chi connectivity index (χ0) is 4.24. The Morgan fingerprint density at radius 1 is 1.50 bits per heavy atom. The van der Waals surface area contributed by atoms with Crippen molar-refractivity contribution in [2.45, 2.75) is 6.42 Å². The summed E-state index contributed by atoms with van der Waals surface area (Å²) in [6, 6.07) is 0. The molecule has 32 valence electrons. The second-order valence-corrected chi connectivity index (χ2v) is 1.13. The lowest BCUT2D eigenvalue weighted by Gasteiger charge is -1.98. The Morgan fingerprint density at radius 3 is 2.67 bits per heavy atom. The first-order chi connectivity index (χ1) is 3.00. The molecule has 0 aromatic heterocycles. The molecule has 1 heteroatoms. The Bertz CT molecular complexity index is 49.0. The van der Waals surface area contributed by atoms with Crippen LogP contribution in [-0.2, 0) is 4.74 Å². The van der Waals surface area contributed by atoms with Gasteiger partial charge in [0.25, 0.3) is 0 Å². The molecule has 0 aromatic carbocycles. The van der Waals surface area contributed by atoms with Crippen LogP contribution in [0.5, 0.6) is 0 Å². The summed E-state index contributed by atoms with van der Waals surface area (Å²) >= 11 is 0. The molecule has 0 unspecified atom stereocenters. The first kappa shape index (κ1) is 3.88. The first-order valence-electron chi connectivity index (χ1n) is 2.00. The van der Waals surface area contributed by atoms with Crippen molar-refractivity contribution in [1.29, 1.82) is 0 Å². The van der Waals surface area contributed by atoms with Crippen LogP contribution < -0.4 is 0 Å². The molecule has 0 atom stereocenters. The van der Waals surface area contributed by atoms with E-state index in [1.807, 2.05) is 12.2 Å². The fourth-order valence-electron chi connectivity index (χ4n) is 0.365. The van der Waals surface area contributed by atoms with Gasteiger partial charge < -0.3 is 4.74 Å². The van der Waals surface area contributed by atoms with Crippen molar-refractivity contribution in [3.63, 3.8) is 0 Å². The lowest BCUT2D eigenvalue weighted by atomic mass is 10.3. The minimum atomic E-state index is 0.708. The van der Waals surface area contributed by atoms with Crippen LogP contribution in [0, 0.1) is 6.61 Å².